The van der Waals surface area contributed by atoms with Crippen molar-refractivity contribution in [1.82, 2.24) is 4.90 Å². The molecule has 0 saturated carbocycles. The number of piperazine rings is 1. The second kappa shape index (κ2) is 5.38. The Kier molecular flexibility index (Phi) is 3.86. The Labute approximate surface area is 103 Å². The average molecular weight is 235 g/mol. The maximum Gasteiger partial charge on any atom is 0.0702 e. The molecule has 4 nitrogen and oxygen atoms in total. The molecule has 0 unspecified atom stereocenters. The smallest absolute Gasteiger partial charge is 0.0702 e. The minimum absolute atomic E-state index is 0.0500. The van der Waals surface area contributed by atoms with Crippen molar-refractivity contribution >= 4 is 11.4 Å². The number of aliphatic hydroxyl groups excluding tert-OH is 1. The summed E-state index contributed by atoms with van der Waals surface area (Å²) in [6, 6.07) is 5.78. The Hall–Kier alpha value is -1.26. The van der Waals surface area contributed by atoms with Gasteiger partial charge < -0.3 is 20.6 Å². The van der Waals surface area contributed by atoms with Crippen molar-refractivity contribution < 1.29 is 5.11 Å². The number of anilines is 2. The van der Waals surface area contributed by atoms with Gasteiger partial charge in [-0.2, -0.15) is 0 Å². The molecule has 1 fully saturated rings. The number of nitrogens with zero attached hydrogens (tertiary/aromatic N) is 2. The SMILES string of the molecule is CCN1CCN(c2ccc(N)cc2CO)CC1. The molecule has 17 heavy (non-hydrogen) atoms. The molecule has 1 saturated heterocycles. The van der Waals surface area contributed by atoms with Crippen molar-refractivity contribution in [3.8, 4) is 0 Å². The predicted octanol–water partition coefficient (Wildman–Crippen LogP) is 0.903. The van der Waals surface area contributed by atoms with Crippen LogP contribution < -0.4 is 10.6 Å². The fourth-order valence-electron chi connectivity index (χ4n) is 2.35. The summed E-state index contributed by atoms with van der Waals surface area (Å²) >= 11 is 0. The Bertz CT molecular complexity index is 373. The third-order valence-corrected chi connectivity index (χ3v) is 3.43. The molecule has 1 aromatic carbocycles. The molecular formula is C13H21N3O. The van der Waals surface area contributed by atoms with Gasteiger partial charge >= 0.3 is 0 Å². The lowest BCUT2D eigenvalue weighted by Gasteiger charge is -2.36. The van der Waals surface area contributed by atoms with Crippen LogP contribution in [-0.4, -0.2) is 42.7 Å². The second-order valence-corrected chi connectivity index (χ2v) is 4.47. The number of likely N-dealkylation sites (N-methyl/N-ethyl adjacent to an activating group) is 1. The summed E-state index contributed by atoms with van der Waals surface area (Å²) in [6.45, 7) is 7.57. The molecule has 1 aliphatic rings. The maximum atomic E-state index is 9.38. The monoisotopic (exact) mass is 235 g/mol. The quantitative estimate of drug-likeness (QED) is 0.764. The Morgan fingerprint density at radius 2 is 1.94 bits per heavy atom. The minimum Gasteiger partial charge on any atom is -0.399 e. The van der Waals surface area contributed by atoms with Crippen LogP contribution in [0.4, 0.5) is 11.4 Å². The molecule has 1 aliphatic heterocycles. The first-order valence-corrected chi connectivity index (χ1v) is 6.21. The fourth-order valence-corrected chi connectivity index (χ4v) is 2.35. The standard InChI is InChI=1S/C13H21N3O/c1-2-15-5-7-16(8-6-15)13-4-3-12(14)9-11(13)10-17/h3-4,9,17H,2,5-8,10,14H2,1H3. The van der Waals surface area contributed by atoms with Crippen LogP contribution in [0.5, 0.6) is 0 Å². The molecule has 1 aromatic rings. The van der Waals surface area contributed by atoms with E-state index in [1.54, 1.807) is 0 Å². The number of nitrogen functional groups attached to an aromatic ring is 1. The number of rotatable bonds is 3. The van der Waals surface area contributed by atoms with Gasteiger partial charge in [-0.1, -0.05) is 6.92 Å². The fraction of sp³-hybridized carbons (Fsp3) is 0.538. The van der Waals surface area contributed by atoms with Crippen molar-refractivity contribution in [3.05, 3.63) is 23.8 Å². The van der Waals surface area contributed by atoms with Crippen molar-refractivity contribution in [1.29, 1.82) is 0 Å². The molecule has 0 spiro atoms. The predicted molar refractivity (Wildman–Crippen MR) is 71.1 cm³/mol. The van der Waals surface area contributed by atoms with Crippen LogP contribution in [-0.2, 0) is 6.61 Å². The number of hydrogen-bond acceptors (Lipinski definition) is 4. The summed E-state index contributed by atoms with van der Waals surface area (Å²) in [5, 5.41) is 9.38. The van der Waals surface area contributed by atoms with Crippen molar-refractivity contribution in [3.63, 3.8) is 0 Å². The van der Waals surface area contributed by atoms with Gasteiger partial charge in [0.1, 0.15) is 0 Å². The zero-order chi connectivity index (χ0) is 12.3. The molecule has 4 heteroatoms. The molecule has 0 bridgehead atoms. The molecule has 0 aliphatic carbocycles. The molecule has 0 radical (unpaired) electrons. The lowest BCUT2D eigenvalue weighted by Crippen LogP contribution is -2.46. The van der Waals surface area contributed by atoms with E-state index in [0.717, 1.165) is 44.0 Å². The highest BCUT2D eigenvalue weighted by molar-refractivity contribution is 5.59. The van der Waals surface area contributed by atoms with Crippen LogP contribution in [0, 0.1) is 0 Å². The highest BCUT2D eigenvalue weighted by Gasteiger charge is 2.17. The van der Waals surface area contributed by atoms with E-state index in [1.807, 2.05) is 18.2 Å². The summed E-state index contributed by atoms with van der Waals surface area (Å²) in [4.78, 5) is 4.77. The van der Waals surface area contributed by atoms with E-state index in [0.29, 0.717) is 5.69 Å². The lowest BCUT2D eigenvalue weighted by molar-refractivity contribution is 0.267. The first-order valence-electron chi connectivity index (χ1n) is 6.21. The first-order chi connectivity index (χ1) is 8.24. The van der Waals surface area contributed by atoms with E-state index in [-0.39, 0.29) is 6.61 Å². The van der Waals surface area contributed by atoms with Crippen molar-refractivity contribution in [2.24, 2.45) is 0 Å². The molecule has 0 amide bonds. The zero-order valence-corrected chi connectivity index (χ0v) is 10.4. The largest absolute Gasteiger partial charge is 0.399 e. The molecule has 2 rings (SSSR count). The average Bonchev–Trinajstić information content (AvgIpc) is 2.39. The minimum atomic E-state index is 0.0500. The number of hydrogen-bond donors (Lipinski definition) is 2. The second-order valence-electron chi connectivity index (χ2n) is 4.47. The molecular weight excluding hydrogens is 214 g/mol. The molecule has 0 atom stereocenters. The molecule has 94 valence electrons. The van der Waals surface area contributed by atoms with Crippen LogP contribution in [0.1, 0.15) is 12.5 Å². The highest BCUT2D eigenvalue weighted by atomic mass is 16.3. The number of benzene rings is 1. The van der Waals surface area contributed by atoms with Crippen LogP contribution in [0.3, 0.4) is 0 Å². The van der Waals surface area contributed by atoms with Gasteiger partial charge in [-0.3, -0.25) is 0 Å². The summed E-state index contributed by atoms with van der Waals surface area (Å²) in [6.07, 6.45) is 0. The summed E-state index contributed by atoms with van der Waals surface area (Å²) in [5.41, 5.74) is 8.50. The number of nitrogens with two attached hydrogens (primary N) is 1. The van der Waals surface area contributed by atoms with E-state index in [1.165, 1.54) is 0 Å². The van der Waals surface area contributed by atoms with Crippen LogP contribution in [0.25, 0.3) is 0 Å². The van der Waals surface area contributed by atoms with Crippen LogP contribution >= 0.6 is 0 Å². The Balaban J connectivity index is 2.12. The van der Waals surface area contributed by atoms with Gasteiger partial charge in [0.2, 0.25) is 0 Å². The summed E-state index contributed by atoms with van der Waals surface area (Å²) in [5.74, 6) is 0. The summed E-state index contributed by atoms with van der Waals surface area (Å²) < 4.78 is 0. The summed E-state index contributed by atoms with van der Waals surface area (Å²) in [7, 11) is 0. The Morgan fingerprint density at radius 3 is 2.53 bits per heavy atom. The van der Waals surface area contributed by atoms with E-state index in [9.17, 15) is 5.11 Å². The molecule has 3 N–H and O–H groups in total. The van der Waals surface area contributed by atoms with Gasteiger partial charge in [-0.25, -0.2) is 0 Å². The number of aliphatic hydroxyl groups is 1. The third kappa shape index (κ3) is 2.70. The van der Waals surface area contributed by atoms with Gasteiger partial charge in [-0.05, 0) is 24.7 Å². The van der Waals surface area contributed by atoms with E-state index >= 15 is 0 Å². The van der Waals surface area contributed by atoms with Gasteiger partial charge in [0.25, 0.3) is 0 Å². The van der Waals surface area contributed by atoms with E-state index in [4.69, 9.17) is 5.73 Å². The van der Waals surface area contributed by atoms with Crippen molar-refractivity contribution in [2.45, 2.75) is 13.5 Å². The van der Waals surface area contributed by atoms with Crippen molar-refractivity contribution in [2.75, 3.05) is 43.4 Å². The van der Waals surface area contributed by atoms with Crippen LogP contribution in [0.2, 0.25) is 0 Å². The first kappa shape index (κ1) is 12.2. The van der Waals surface area contributed by atoms with Gasteiger partial charge in [0.05, 0.1) is 6.61 Å². The normalized spacial score (nSPS) is 17.4. The van der Waals surface area contributed by atoms with Gasteiger partial charge in [-0.15, -0.1) is 0 Å². The molecule has 1 heterocycles. The zero-order valence-electron chi connectivity index (χ0n) is 10.4. The van der Waals surface area contributed by atoms with Crippen LogP contribution in [0.15, 0.2) is 18.2 Å². The lowest BCUT2D eigenvalue weighted by atomic mass is 10.1. The van der Waals surface area contributed by atoms with E-state index in [2.05, 4.69) is 16.7 Å². The van der Waals surface area contributed by atoms with E-state index < -0.39 is 0 Å². The topological polar surface area (TPSA) is 52.7 Å². The third-order valence-electron chi connectivity index (χ3n) is 3.43. The van der Waals surface area contributed by atoms with Gasteiger partial charge in [0.15, 0.2) is 0 Å². The van der Waals surface area contributed by atoms with Gasteiger partial charge in [0, 0.05) is 43.1 Å². The molecule has 0 aromatic heterocycles. The Morgan fingerprint density at radius 1 is 1.24 bits per heavy atom. The maximum absolute atomic E-state index is 9.38. The highest BCUT2D eigenvalue weighted by Crippen LogP contribution is 2.24.